The van der Waals surface area contributed by atoms with Crippen LogP contribution in [0.25, 0.3) is 0 Å². The normalized spacial score (nSPS) is 29.8. The number of anilines is 1. The Balaban J connectivity index is 1.77. The fourth-order valence-corrected chi connectivity index (χ4v) is 2.97. The zero-order chi connectivity index (χ0) is 14.8. The molecule has 3 atom stereocenters. The average Bonchev–Trinajstić information content (AvgIpc) is 2.89. The summed E-state index contributed by atoms with van der Waals surface area (Å²) in [6, 6.07) is 1.81. The van der Waals surface area contributed by atoms with Crippen LogP contribution in [0, 0.1) is 0 Å². The SMILES string of the molecule is O=c1nc(N2CCCCC2)ccn1[C@H]1C[C@H](O)[C@@H](CO)O1. The van der Waals surface area contributed by atoms with Crippen molar-refractivity contribution in [3.05, 3.63) is 22.7 Å². The number of ether oxygens (including phenoxy) is 1. The first kappa shape index (κ1) is 14.5. The second-order valence-corrected chi connectivity index (χ2v) is 5.64. The van der Waals surface area contributed by atoms with Crippen LogP contribution in [0.4, 0.5) is 5.82 Å². The monoisotopic (exact) mass is 295 g/mol. The highest BCUT2D eigenvalue weighted by Crippen LogP contribution is 2.27. The summed E-state index contributed by atoms with van der Waals surface area (Å²) < 4.78 is 6.87. The van der Waals surface area contributed by atoms with Gasteiger partial charge in [-0.2, -0.15) is 4.98 Å². The molecule has 21 heavy (non-hydrogen) atoms. The minimum atomic E-state index is -0.756. The smallest absolute Gasteiger partial charge is 0.351 e. The second-order valence-electron chi connectivity index (χ2n) is 5.64. The summed E-state index contributed by atoms with van der Waals surface area (Å²) in [4.78, 5) is 18.4. The molecule has 0 spiro atoms. The van der Waals surface area contributed by atoms with Crippen molar-refractivity contribution in [2.24, 2.45) is 0 Å². The van der Waals surface area contributed by atoms with Crippen LogP contribution in [0.5, 0.6) is 0 Å². The number of hydrogen-bond donors (Lipinski definition) is 2. The van der Waals surface area contributed by atoms with E-state index in [0.29, 0.717) is 5.82 Å². The fraction of sp³-hybridized carbons (Fsp3) is 0.714. The van der Waals surface area contributed by atoms with Crippen molar-refractivity contribution in [1.29, 1.82) is 0 Å². The Bertz CT molecular complexity index is 541. The minimum Gasteiger partial charge on any atom is -0.394 e. The summed E-state index contributed by atoms with van der Waals surface area (Å²) in [5.74, 6) is 0.702. The van der Waals surface area contributed by atoms with Gasteiger partial charge in [0.1, 0.15) is 18.1 Å². The molecule has 7 nitrogen and oxygen atoms in total. The maximum absolute atomic E-state index is 12.2. The maximum Gasteiger partial charge on any atom is 0.351 e. The van der Waals surface area contributed by atoms with E-state index >= 15 is 0 Å². The molecule has 0 bridgehead atoms. The third-order valence-corrected chi connectivity index (χ3v) is 4.19. The molecule has 0 unspecified atom stereocenters. The van der Waals surface area contributed by atoms with E-state index in [2.05, 4.69) is 9.88 Å². The lowest BCUT2D eigenvalue weighted by molar-refractivity contribution is -0.0458. The van der Waals surface area contributed by atoms with Gasteiger partial charge in [0.25, 0.3) is 0 Å². The molecular formula is C14H21N3O4. The molecule has 3 heterocycles. The van der Waals surface area contributed by atoms with Crippen molar-refractivity contribution in [2.75, 3.05) is 24.6 Å². The van der Waals surface area contributed by atoms with Gasteiger partial charge in [0.2, 0.25) is 0 Å². The Kier molecular flexibility index (Phi) is 4.23. The summed E-state index contributed by atoms with van der Waals surface area (Å²) in [5.41, 5.74) is -0.381. The van der Waals surface area contributed by atoms with Gasteiger partial charge in [-0.25, -0.2) is 4.79 Å². The Morgan fingerprint density at radius 1 is 1.33 bits per heavy atom. The Hall–Kier alpha value is -1.44. The van der Waals surface area contributed by atoms with E-state index < -0.39 is 18.4 Å². The van der Waals surface area contributed by atoms with Crippen molar-refractivity contribution < 1.29 is 14.9 Å². The molecule has 0 aliphatic carbocycles. The highest BCUT2D eigenvalue weighted by atomic mass is 16.5. The van der Waals surface area contributed by atoms with Crippen LogP contribution in [-0.2, 0) is 4.74 Å². The molecule has 0 amide bonds. The lowest BCUT2D eigenvalue weighted by Gasteiger charge is -2.27. The van der Waals surface area contributed by atoms with E-state index in [-0.39, 0.29) is 18.7 Å². The third kappa shape index (κ3) is 2.95. The molecule has 0 saturated carbocycles. The first-order valence-electron chi connectivity index (χ1n) is 7.47. The standard InChI is InChI=1S/C14H21N3O4/c18-9-11-10(19)8-13(21-11)17-7-4-12(15-14(17)20)16-5-2-1-3-6-16/h4,7,10-11,13,18-19H,1-3,5-6,8-9H2/t10-,11+,13+/m0/s1. The van der Waals surface area contributed by atoms with E-state index in [1.807, 2.05) is 6.07 Å². The number of aromatic nitrogens is 2. The van der Waals surface area contributed by atoms with Gasteiger partial charge in [-0.3, -0.25) is 4.57 Å². The molecule has 1 aromatic heterocycles. The molecular weight excluding hydrogens is 274 g/mol. The summed E-state index contributed by atoms with van der Waals surface area (Å²) in [5, 5.41) is 18.8. The van der Waals surface area contributed by atoms with Gasteiger partial charge in [0.15, 0.2) is 0 Å². The summed E-state index contributed by atoms with van der Waals surface area (Å²) >= 11 is 0. The van der Waals surface area contributed by atoms with E-state index in [9.17, 15) is 9.90 Å². The van der Waals surface area contributed by atoms with E-state index in [0.717, 1.165) is 25.9 Å². The number of nitrogens with zero attached hydrogens (tertiary/aromatic N) is 3. The van der Waals surface area contributed by atoms with E-state index in [1.54, 1.807) is 6.20 Å². The molecule has 116 valence electrons. The molecule has 2 fully saturated rings. The van der Waals surface area contributed by atoms with Crippen molar-refractivity contribution in [2.45, 2.75) is 44.1 Å². The van der Waals surface area contributed by atoms with Crippen LogP contribution < -0.4 is 10.6 Å². The van der Waals surface area contributed by atoms with Crippen LogP contribution in [0.15, 0.2) is 17.1 Å². The van der Waals surface area contributed by atoms with Crippen molar-refractivity contribution in [3.63, 3.8) is 0 Å². The predicted octanol–water partition coefficient (Wildman–Crippen LogP) is -0.126. The molecule has 2 aliphatic heterocycles. The van der Waals surface area contributed by atoms with Gasteiger partial charge < -0.3 is 19.8 Å². The molecule has 1 aromatic rings. The van der Waals surface area contributed by atoms with Gasteiger partial charge in [-0.1, -0.05) is 0 Å². The van der Waals surface area contributed by atoms with Gasteiger partial charge in [0, 0.05) is 25.7 Å². The highest BCUT2D eigenvalue weighted by molar-refractivity contribution is 5.36. The van der Waals surface area contributed by atoms with Crippen LogP contribution in [0.2, 0.25) is 0 Å². The topological polar surface area (TPSA) is 87.8 Å². The van der Waals surface area contributed by atoms with Crippen molar-refractivity contribution >= 4 is 5.82 Å². The molecule has 2 saturated heterocycles. The number of rotatable bonds is 3. The Labute approximate surface area is 122 Å². The van der Waals surface area contributed by atoms with Crippen molar-refractivity contribution in [1.82, 2.24) is 9.55 Å². The average molecular weight is 295 g/mol. The lowest BCUT2D eigenvalue weighted by Crippen LogP contribution is -2.34. The van der Waals surface area contributed by atoms with Crippen molar-refractivity contribution in [3.8, 4) is 0 Å². The molecule has 0 radical (unpaired) electrons. The number of aliphatic hydroxyl groups is 2. The van der Waals surface area contributed by atoms with Crippen LogP contribution in [-0.4, -0.2) is 51.7 Å². The van der Waals surface area contributed by atoms with Crippen LogP contribution >= 0.6 is 0 Å². The van der Waals surface area contributed by atoms with Crippen LogP contribution in [0.3, 0.4) is 0 Å². The summed E-state index contributed by atoms with van der Waals surface area (Å²) in [6.45, 7) is 1.61. The molecule has 7 heteroatoms. The molecule has 2 N–H and O–H groups in total. The quantitative estimate of drug-likeness (QED) is 0.808. The third-order valence-electron chi connectivity index (χ3n) is 4.19. The van der Waals surface area contributed by atoms with Crippen LogP contribution in [0.1, 0.15) is 31.9 Å². The van der Waals surface area contributed by atoms with Gasteiger partial charge >= 0.3 is 5.69 Å². The molecule has 3 rings (SSSR count). The minimum absolute atomic E-state index is 0.258. The molecule has 2 aliphatic rings. The zero-order valence-electron chi connectivity index (χ0n) is 11.9. The largest absolute Gasteiger partial charge is 0.394 e. The molecule has 0 aromatic carbocycles. The first-order chi connectivity index (χ1) is 10.2. The maximum atomic E-state index is 12.2. The lowest BCUT2D eigenvalue weighted by atomic mass is 10.1. The first-order valence-corrected chi connectivity index (χ1v) is 7.47. The van der Waals surface area contributed by atoms with Gasteiger partial charge in [0.05, 0.1) is 12.7 Å². The Morgan fingerprint density at radius 2 is 2.10 bits per heavy atom. The van der Waals surface area contributed by atoms with E-state index in [4.69, 9.17) is 9.84 Å². The second kappa shape index (κ2) is 6.13. The van der Waals surface area contributed by atoms with Gasteiger partial charge in [-0.05, 0) is 25.3 Å². The number of piperidine rings is 1. The zero-order valence-corrected chi connectivity index (χ0v) is 11.9. The number of hydrogen-bond acceptors (Lipinski definition) is 6. The highest BCUT2D eigenvalue weighted by Gasteiger charge is 2.35. The summed E-state index contributed by atoms with van der Waals surface area (Å²) in [7, 11) is 0. The summed E-state index contributed by atoms with van der Waals surface area (Å²) in [6.07, 6.45) is 3.47. The fourth-order valence-electron chi connectivity index (χ4n) is 2.97. The predicted molar refractivity (Wildman–Crippen MR) is 76.2 cm³/mol. The number of aliphatic hydroxyl groups excluding tert-OH is 2. The van der Waals surface area contributed by atoms with E-state index in [1.165, 1.54) is 11.0 Å². The van der Waals surface area contributed by atoms with Gasteiger partial charge in [-0.15, -0.1) is 0 Å². The Morgan fingerprint density at radius 3 is 2.71 bits per heavy atom.